The maximum Gasteiger partial charge on any atom is 0.0998 e. The van der Waals surface area contributed by atoms with Crippen LogP contribution in [-0.2, 0) is 16.2 Å². The summed E-state index contributed by atoms with van der Waals surface area (Å²) < 4.78 is 0. The normalized spacial score (nSPS) is 22.9. The van der Waals surface area contributed by atoms with Crippen LogP contribution in [0.4, 0.5) is 0 Å². The standard InChI is InChI=1S/C46H38N2/c1-44(2)36-22-38-32(20-34(36)42-30-14-8-6-12-28(30)26(24-47)18-40(42)44)33-21-35-37(23-39(33)46(38)16-10-5-11-17-46)45(3,4)41-19-27(25-48)29-13-7-9-15-31(29)43(35)41/h6-9,12-15,18-23,32,38H,5,10-11,16-17H2,1-4H3. The van der Waals surface area contributed by atoms with Crippen molar-refractivity contribution < 1.29 is 0 Å². The second kappa shape index (κ2) is 9.15. The van der Waals surface area contributed by atoms with Gasteiger partial charge in [0.15, 0.2) is 0 Å². The lowest BCUT2D eigenvalue weighted by Crippen LogP contribution is -2.35. The third kappa shape index (κ3) is 3.22. The molecule has 0 saturated heterocycles. The number of allylic oxidation sites excluding steroid dienone is 4. The Hall–Kier alpha value is -4.92. The molecule has 2 unspecified atom stereocenters. The van der Waals surface area contributed by atoms with Gasteiger partial charge in [0.1, 0.15) is 0 Å². The average Bonchev–Trinajstić information content (AvgIpc) is 3.59. The minimum Gasteiger partial charge on any atom is -0.192 e. The Morgan fingerprint density at radius 3 is 1.81 bits per heavy atom. The Balaban J connectivity index is 1.26. The Bertz CT molecular complexity index is 2460. The van der Waals surface area contributed by atoms with E-state index in [4.69, 9.17) is 0 Å². The number of hydrogen-bond donors (Lipinski definition) is 0. The van der Waals surface area contributed by atoms with Gasteiger partial charge in [-0.2, -0.15) is 10.5 Å². The van der Waals surface area contributed by atoms with Crippen molar-refractivity contribution in [2.45, 2.75) is 82.0 Å². The molecule has 0 amide bonds. The first-order valence-electron chi connectivity index (χ1n) is 17.8. The molecule has 0 N–H and O–H groups in total. The van der Waals surface area contributed by atoms with Crippen LogP contribution >= 0.6 is 0 Å². The quantitative estimate of drug-likeness (QED) is 0.173. The molecule has 1 fully saturated rings. The smallest absolute Gasteiger partial charge is 0.0998 e. The van der Waals surface area contributed by atoms with Gasteiger partial charge in [-0.1, -0.05) is 114 Å². The maximum atomic E-state index is 10.2. The van der Waals surface area contributed by atoms with Crippen LogP contribution in [0, 0.1) is 28.6 Å². The van der Waals surface area contributed by atoms with Crippen LogP contribution in [0.25, 0.3) is 38.2 Å². The minimum atomic E-state index is -0.190. The van der Waals surface area contributed by atoms with E-state index in [0.717, 1.165) is 21.9 Å². The van der Waals surface area contributed by atoms with Crippen LogP contribution in [0.2, 0.25) is 0 Å². The molecule has 1 spiro atoms. The highest BCUT2D eigenvalue weighted by Crippen LogP contribution is 2.66. The number of nitriles is 2. The highest BCUT2D eigenvalue weighted by Gasteiger charge is 2.55. The Morgan fingerprint density at radius 2 is 1.19 bits per heavy atom. The second-order valence-electron chi connectivity index (χ2n) is 16.2. The molecule has 2 atom stereocenters. The molecule has 5 aliphatic carbocycles. The van der Waals surface area contributed by atoms with Crippen LogP contribution in [-0.4, -0.2) is 0 Å². The second-order valence-corrected chi connectivity index (χ2v) is 16.2. The summed E-state index contributed by atoms with van der Waals surface area (Å²) in [5.41, 5.74) is 15.2. The molecular weight excluding hydrogens is 581 g/mol. The van der Waals surface area contributed by atoms with Gasteiger partial charge in [-0.3, -0.25) is 0 Å². The molecule has 0 heterocycles. The van der Waals surface area contributed by atoms with E-state index in [-0.39, 0.29) is 16.2 Å². The zero-order valence-corrected chi connectivity index (χ0v) is 28.2. The largest absolute Gasteiger partial charge is 0.192 e. The number of nitrogens with zero attached hydrogens (tertiary/aromatic N) is 2. The molecule has 0 aliphatic heterocycles. The Labute approximate surface area is 283 Å². The molecule has 0 radical (unpaired) electrons. The van der Waals surface area contributed by atoms with Gasteiger partial charge in [-0.25, -0.2) is 0 Å². The van der Waals surface area contributed by atoms with Gasteiger partial charge >= 0.3 is 0 Å². The molecule has 0 bridgehead atoms. The summed E-state index contributed by atoms with van der Waals surface area (Å²) in [6.45, 7) is 9.48. The van der Waals surface area contributed by atoms with Gasteiger partial charge in [0.05, 0.1) is 23.3 Å². The van der Waals surface area contributed by atoms with Crippen LogP contribution in [0.15, 0.2) is 90.5 Å². The van der Waals surface area contributed by atoms with E-state index in [1.165, 1.54) is 93.0 Å². The van der Waals surface area contributed by atoms with Gasteiger partial charge in [0, 0.05) is 32.9 Å². The summed E-state index contributed by atoms with van der Waals surface area (Å²) in [5.74, 6) is 0.722. The summed E-state index contributed by atoms with van der Waals surface area (Å²) in [4.78, 5) is 0. The lowest BCUT2D eigenvalue weighted by atomic mass is 9.61. The molecule has 5 aliphatic rings. The molecular formula is C46H38N2. The molecule has 2 nitrogen and oxygen atoms in total. The van der Waals surface area contributed by atoms with Gasteiger partial charge in [0.2, 0.25) is 0 Å². The highest BCUT2D eigenvalue weighted by atomic mass is 14.6. The van der Waals surface area contributed by atoms with E-state index in [1.807, 2.05) is 0 Å². The maximum absolute atomic E-state index is 10.2. The van der Waals surface area contributed by atoms with Gasteiger partial charge in [0.25, 0.3) is 0 Å². The molecule has 2 heteroatoms. The molecule has 10 rings (SSSR count). The van der Waals surface area contributed by atoms with Crippen LogP contribution in [0.5, 0.6) is 0 Å². The Morgan fingerprint density at radius 1 is 0.604 bits per heavy atom. The predicted molar refractivity (Wildman–Crippen MR) is 195 cm³/mol. The summed E-state index contributed by atoms with van der Waals surface area (Å²) in [5, 5.41) is 24.9. The van der Waals surface area contributed by atoms with E-state index < -0.39 is 0 Å². The number of hydrogen-bond acceptors (Lipinski definition) is 2. The van der Waals surface area contributed by atoms with E-state index in [9.17, 15) is 10.5 Å². The lowest BCUT2D eigenvalue weighted by molar-refractivity contribution is 0.232. The lowest BCUT2D eigenvalue weighted by Gasteiger charge is -2.42. The van der Waals surface area contributed by atoms with Gasteiger partial charge in [-0.15, -0.1) is 0 Å². The van der Waals surface area contributed by atoms with Crippen molar-refractivity contribution in [3.05, 3.63) is 135 Å². The Kier molecular flexibility index (Phi) is 5.36. The van der Waals surface area contributed by atoms with Gasteiger partial charge < -0.3 is 0 Å². The summed E-state index contributed by atoms with van der Waals surface area (Å²) in [7, 11) is 0. The fourth-order valence-electron chi connectivity index (χ4n) is 11.1. The first-order valence-corrected chi connectivity index (χ1v) is 17.8. The molecule has 1 saturated carbocycles. The first kappa shape index (κ1) is 28.1. The molecule has 48 heavy (non-hydrogen) atoms. The molecule has 5 aromatic carbocycles. The fourth-order valence-corrected chi connectivity index (χ4v) is 11.1. The van der Waals surface area contributed by atoms with Crippen molar-refractivity contribution in [3.63, 3.8) is 0 Å². The zero-order valence-electron chi connectivity index (χ0n) is 28.2. The monoisotopic (exact) mass is 618 g/mol. The van der Waals surface area contributed by atoms with Crippen molar-refractivity contribution in [3.8, 4) is 23.3 Å². The van der Waals surface area contributed by atoms with Crippen molar-refractivity contribution in [1.29, 1.82) is 10.5 Å². The average molecular weight is 619 g/mol. The van der Waals surface area contributed by atoms with E-state index in [1.54, 1.807) is 5.56 Å². The summed E-state index contributed by atoms with van der Waals surface area (Å²) >= 11 is 0. The number of fused-ring (bicyclic) bond motifs is 15. The third-order valence-electron chi connectivity index (χ3n) is 13.4. The van der Waals surface area contributed by atoms with E-state index in [2.05, 4.69) is 125 Å². The summed E-state index contributed by atoms with van der Waals surface area (Å²) in [6, 6.07) is 31.6. The first-order chi connectivity index (χ1) is 23.2. The minimum absolute atomic E-state index is 0.123. The van der Waals surface area contributed by atoms with E-state index in [0.29, 0.717) is 11.8 Å². The molecule has 0 aromatic heterocycles. The van der Waals surface area contributed by atoms with Crippen molar-refractivity contribution in [2.75, 3.05) is 0 Å². The number of benzene rings is 5. The van der Waals surface area contributed by atoms with Crippen molar-refractivity contribution in [1.82, 2.24) is 0 Å². The molecule has 5 aromatic rings. The highest BCUT2D eigenvalue weighted by molar-refractivity contribution is 6.07. The van der Waals surface area contributed by atoms with Crippen LogP contribution in [0.1, 0.15) is 110 Å². The van der Waals surface area contributed by atoms with Gasteiger partial charge in [-0.05, 0) is 103 Å². The fraction of sp³-hybridized carbons (Fsp3) is 0.304. The van der Waals surface area contributed by atoms with Crippen molar-refractivity contribution >= 4 is 27.1 Å². The summed E-state index contributed by atoms with van der Waals surface area (Å²) in [6.07, 6.45) is 11.7. The van der Waals surface area contributed by atoms with Crippen LogP contribution in [0.3, 0.4) is 0 Å². The SMILES string of the molecule is CC1(C)C2=CC3C(C=C2c2c1cc(C#N)c1ccccc21)c1cc2c(cc1C31CCCCC1)C(C)(C)c1cc(C#N)c3ccccc3c1-2. The molecule has 232 valence electrons. The predicted octanol–water partition coefficient (Wildman–Crippen LogP) is 11.3. The third-order valence-corrected chi connectivity index (χ3v) is 13.4. The van der Waals surface area contributed by atoms with Crippen molar-refractivity contribution in [2.24, 2.45) is 5.92 Å². The number of rotatable bonds is 0. The van der Waals surface area contributed by atoms with E-state index >= 15 is 0 Å². The van der Waals surface area contributed by atoms with Crippen LogP contribution < -0.4 is 0 Å². The zero-order chi connectivity index (χ0) is 32.7. The topological polar surface area (TPSA) is 47.6 Å².